The highest BCUT2D eigenvalue weighted by Crippen LogP contribution is 2.17. The molecular formula is C18H15N5OS. The Morgan fingerprint density at radius 2 is 1.84 bits per heavy atom. The fourth-order valence-electron chi connectivity index (χ4n) is 2.72. The van der Waals surface area contributed by atoms with Crippen LogP contribution in [0.3, 0.4) is 0 Å². The van der Waals surface area contributed by atoms with Crippen molar-refractivity contribution in [2.24, 2.45) is 0 Å². The van der Waals surface area contributed by atoms with Crippen molar-refractivity contribution < 1.29 is 0 Å². The number of benzene rings is 1. The van der Waals surface area contributed by atoms with E-state index >= 15 is 0 Å². The van der Waals surface area contributed by atoms with Crippen molar-refractivity contribution in [3.8, 4) is 5.82 Å². The minimum Gasteiger partial charge on any atom is -0.267 e. The van der Waals surface area contributed by atoms with Crippen molar-refractivity contribution in [1.29, 1.82) is 0 Å². The van der Waals surface area contributed by atoms with Gasteiger partial charge in [-0.05, 0) is 24.0 Å². The Labute approximate surface area is 148 Å². The molecule has 0 atom stereocenters. The lowest BCUT2D eigenvalue weighted by molar-refractivity contribution is 0.586. The van der Waals surface area contributed by atoms with E-state index in [1.807, 2.05) is 54.8 Å². The number of pyridine rings is 1. The molecule has 0 aliphatic heterocycles. The molecule has 0 saturated heterocycles. The predicted molar refractivity (Wildman–Crippen MR) is 98.2 cm³/mol. The van der Waals surface area contributed by atoms with E-state index in [1.54, 1.807) is 21.8 Å². The molecule has 3 heterocycles. The summed E-state index contributed by atoms with van der Waals surface area (Å²) in [6, 6.07) is 15.5. The Balaban J connectivity index is 2.00. The number of rotatable bonds is 4. The van der Waals surface area contributed by atoms with Gasteiger partial charge in [-0.15, -0.1) is 0 Å². The number of fused-ring (bicyclic) bond motifs is 1. The first-order chi connectivity index (χ1) is 12.3. The molecule has 4 aromatic rings. The average molecular weight is 349 g/mol. The fourth-order valence-corrected chi connectivity index (χ4v) is 3.06. The Morgan fingerprint density at radius 1 is 1.04 bits per heavy atom. The van der Waals surface area contributed by atoms with Gasteiger partial charge in [-0.2, -0.15) is 0 Å². The molecule has 0 aliphatic carbocycles. The molecule has 7 heteroatoms. The van der Waals surface area contributed by atoms with Gasteiger partial charge >= 0.3 is 0 Å². The van der Waals surface area contributed by atoms with Gasteiger partial charge in [-0.25, -0.2) is 24.3 Å². The highest BCUT2D eigenvalue weighted by atomic mass is 32.2. The predicted octanol–water partition coefficient (Wildman–Crippen LogP) is 2.75. The van der Waals surface area contributed by atoms with Crippen molar-refractivity contribution in [1.82, 2.24) is 24.3 Å². The fraction of sp³-hybridized carbons (Fsp3) is 0.111. The van der Waals surface area contributed by atoms with Crippen LogP contribution in [-0.2, 0) is 6.54 Å². The molecule has 0 radical (unpaired) electrons. The van der Waals surface area contributed by atoms with Crippen LogP contribution >= 0.6 is 11.8 Å². The minimum absolute atomic E-state index is 0.128. The molecule has 0 spiro atoms. The average Bonchev–Trinajstić information content (AvgIpc) is 2.94. The Kier molecular flexibility index (Phi) is 4.07. The van der Waals surface area contributed by atoms with Gasteiger partial charge in [-0.3, -0.25) is 4.79 Å². The molecule has 0 amide bonds. The molecule has 0 aliphatic rings. The standard InChI is InChI=1S/C18H15N5OS/c1-25-18-20-11-14-16(21-18)23(15-9-5-6-10-19-15)22(17(14)24)12-13-7-3-2-4-8-13/h2-11H,12H2,1H3. The van der Waals surface area contributed by atoms with Crippen molar-refractivity contribution in [3.63, 3.8) is 0 Å². The lowest BCUT2D eigenvalue weighted by atomic mass is 10.2. The van der Waals surface area contributed by atoms with E-state index in [2.05, 4.69) is 15.0 Å². The number of hydrogen-bond acceptors (Lipinski definition) is 5. The zero-order valence-corrected chi connectivity index (χ0v) is 14.3. The molecule has 0 unspecified atom stereocenters. The third-order valence-corrected chi connectivity index (χ3v) is 4.44. The molecule has 6 nitrogen and oxygen atoms in total. The topological polar surface area (TPSA) is 65.6 Å². The number of nitrogens with zero attached hydrogens (tertiary/aromatic N) is 5. The van der Waals surface area contributed by atoms with Gasteiger partial charge in [0.25, 0.3) is 5.56 Å². The van der Waals surface area contributed by atoms with E-state index < -0.39 is 0 Å². The third-order valence-electron chi connectivity index (χ3n) is 3.88. The zero-order valence-electron chi connectivity index (χ0n) is 13.5. The lowest BCUT2D eigenvalue weighted by Gasteiger charge is -2.11. The maximum atomic E-state index is 13.0. The van der Waals surface area contributed by atoms with E-state index in [1.165, 1.54) is 11.8 Å². The van der Waals surface area contributed by atoms with E-state index in [4.69, 9.17) is 0 Å². The lowest BCUT2D eigenvalue weighted by Crippen LogP contribution is -2.23. The quantitative estimate of drug-likeness (QED) is 0.419. The van der Waals surface area contributed by atoms with Gasteiger partial charge in [0.1, 0.15) is 5.39 Å². The summed E-state index contributed by atoms with van der Waals surface area (Å²) in [7, 11) is 0. The molecule has 25 heavy (non-hydrogen) atoms. The first-order valence-electron chi connectivity index (χ1n) is 7.76. The third kappa shape index (κ3) is 2.83. The summed E-state index contributed by atoms with van der Waals surface area (Å²) in [5.41, 5.74) is 1.47. The number of aromatic nitrogens is 5. The summed E-state index contributed by atoms with van der Waals surface area (Å²) >= 11 is 1.44. The summed E-state index contributed by atoms with van der Waals surface area (Å²) in [5.74, 6) is 0.649. The second-order valence-corrected chi connectivity index (χ2v) is 6.22. The number of hydrogen-bond donors (Lipinski definition) is 0. The first-order valence-corrected chi connectivity index (χ1v) is 8.98. The smallest absolute Gasteiger partial charge is 0.267 e. The molecule has 3 aromatic heterocycles. The summed E-state index contributed by atoms with van der Waals surface area (Å²) < 4.78 is 3.42. The SMILES string of the molecule is CSc1ncc2c(=O)n(Cc3ccccc3)n(-c3ccccn3)c2n1. The van der Waals surface area contributed by atoms with Gasteiger partial charge in [0.15, 0.2) is 16.6 Å². The van der Waals surface area contributed by atoms with Crippen molar-refractivity contribution in [2.75, 3.05) is 6.26 Å². The normalized spacial score (nSPS) is 11.1. The molecule has 0 saturated carbocycles. The van der Waals surface area contributed by atoms with Crippen LogP contribution in [0, 0.1) is 0 Å². The molecule has 0 fully saturated rings. The Hall–Kier alpha value is -2.93. The summed E-state index contributed by atoms with van der Waals surface area (Å²) in [6.45, 7) is 0.432. The Bertz CT molecular complexity index is 1070. The van der Waals surface area contributed by atoms with E-state index in [0.29, 0.717) is 28.6 Å². The Morgan fingerprint density at radius 3 is 2.56 bits per heavy atom. The largest absolute Gasteiger partial charge is 0.278 e. The van der Waals surface area contributed by atoms with Crippen molar-refractivity contribution in [2.45, 2.75) is 11.7 Å². The van der Waals surface area contributed by atoms with Crippen LogP contribution in [0.1, 0.15) is 5.56 Å². The van der Waals surface area contributed by atoms with Gasteiger partial charge in [0.05, 0.1) is 6.54 Å². The second-order valence-electron chi connectivity index (χ2n) is 5.44. The summed E-state index contributed by atoms with van der Waals surface area (Å²) in [6.07, 6.45) is 5.21. The molecule has 0 N–H and O–H groups in total. The maximum absolute atomic E-state index is 13.0. The monoisotopic (exact) mass is 349 g/mol. The van der Waals surface area contributed by atoms with Crippen molar-refractivity contribution in [3.05, 3.63) is 76.8 Å². The summed E-state index contributed by atoms with van der Waals surface area (Å²) in [5, 5.41) is 1.11. The highest BCUT2D eigenvalue weighted by Gasteiger charge is 2.18. The molecular weight excluding hydrogens is 334 g/mol. The molecule has 124 valence electrons. The van der Waals surface area contributed by atoms with E-state index in [-0.39, 0.29) is 5.56 Å². The zero-order chi connectivity index (χ0) is 17.2. The van der Waals surface area contributed by atoms with Crippen molar-refractivity contribution >= 4 is 22.8 Å². The second kappa shape index (κ2) is 6.52. The maximum Gasteiger partial charge on any atom is 0.278 e. The van der Waals surface area contributed by atoms with Gasteiger partial charge in [0.2, 0.25) is 0 Å². The highest BCUT2D eigenvalue weighted by molar-refractivity contribution is 7.98. The molecule has 4 rings (SSSR count). The van der Waals surface area contributed by atoms with Crippen LogP contribution in [0.25, 0.3) is 16.9 Å². The minimum atomic E-state index is -0.128. The van der Waals surface area contributed by atoms with Crippen LogP contribution in [0.15, 0.2) is 70.9 Å². The van der Waals surface area contributed by atoms with Crippen LogP contribution in [0.5, 0.6) is 0 Å². The van der Waals surface area contributed by atoms with Crippen LogP contribution in [0.2, 0.25) is 0 Å². The first kappa shape index (κ1) is 15.6. The summed E-state index contributed by atoms with van der Waals surface area (Å²) in [4.78, 5) is 26.2. The van der Waals surface area contributed by atoms with E-state index in [9.17, 15) is 4.79 Å². The van der Waals surface area contributed by atoms with Crippen LogP contribution < -0.4 is 5.56 Å². The van der Waals surface area contributed by atoms with Crippen LogP contribution in [-0.4, -0.2) is 30.6 Å². The van der Waals surface area contributed by atoms with Gasteiger partial charge in [-0.1, -0.05) is 48.2 Å². The number of thioether (sulfide) groups is 1. The van der Waals surface area contributed by atoms with Gasteiger partial charge < -0.3 is 0 Å². The van der Waals surface area contributed by atoms with Gasteiger partial charge in [0, 0.05) is 12.4 Å². The van der Waals surface area contributed by atoms with Crippen LogP contribution in [0.4, 0.5) is 0 Å². The molecule has 1 aromatic carbocycles. The van der Waals surface area contributed by atoms with E-state index in [0.717, 1.165) is 5.56 Å². The molecule has 0 bridgehead atoms.